The highest BCUT2D eigenvalue weighted by Gasteiger charge is 2.01. The Bertz CT molecular complexity index is 483. The standard InChI is InChI=1S/C10H10N4OS/c11-10(16)9-5-7(1-3-12-9)13-6-8-2-4-14-15-8/h1-5H,6H2,(H2,11,16)(H,12,13). The summed E-state index contributed by atoms with van der Waals surface area (Å²) in [6, 6.07) is 5.42. The van der Waals surface area contributed by atoms with E-state index >= 15 is 0 Å². The molecule has 82 valence electrons. The molecular formula is C10H10N4OS. The molecule has 0 amide bonds. The number of hydrogen-bond acceptors (Lipinski definition) is 5. The fourth-order valence-corrected chi connectivity index (χ4v) is 1.31. The van der Waals surface area contributed by atoms with E-state index in [4.69, 9.17) is 22.5 Å². The van der Waals surface area contributed by atoms with E-state index in [1.807, 2.05) is 6.07 Å². The van der Waals surface area contributed by atoms with Crippen LogP contribution in [0.15, 0.2) is 35.1 Å². The Morgan fingerprint density at radius 3 is 3.00 bits per heavy atom. The van der Waals surface area contributed by atoms with Crippen LogP contribution in [-0.2, 0) is 6.54 Å². The van der Waals surface area contributed by atoms with Gasteiger partial charge in [-0.25, -0.2) is 0 Å². The molecule has 6 heteroatoms. The number of hydrogen-bond donors (Lipinski definition) is 2. The Hall–Kier alpha value is -1.95. The maximum absolute atomic E-state index is 5.49. The number of pyridine rings is 1. The van der Waals surface area contributed by atoms with Crippen LogP contribution in [0.4, 0.5) is 5.69 Å². The van der Waals surface area contributed by atoms with Gasteiger partial charge in [0.25, 0.3) is 0 Å². The van der Waals surface area contributed by atoms with Gasteiger partial charge in [0.2, 0.25) is 0 Å². The molecule has 2 aromatic heterocycles. The lowest BCUT2D eigenvalue weighted by atomic mass is 10.3. The number of anilines is 1. The minimum atomic E-state index is 0.281. The van der Waals surface area contributed by atoms with Gasteiger partial charge in [0.15, 0.2) is 5.76 Å². The quantitative estimate of drug-likeness (QED) is 0.777. The summed E-state index contributed by atoms with van der Waals surface area (Å²) in [5.41, 5.74) is 6.96. The van der Waals surface area contributed by atoms with Crippen LogP contribution in [0.25, 0.3) is 0 Å². The summed E-state index contributed by atoms with van der Waals surface area (Å²) in [6.07, 6.45) is 3.25. The van der Waals surface area contributed by atoms with Crippen molar-refractivity contribution in [1.82, 2.24) is 10.1 Å². The van der Waals surface area contributed by atoms with E-state index in [0.717, 1.165) is 11.4 Å². The number of nitrogens with one attached hydrogen (secondary N) is 1. The molecule has 0 bridgehead atoms. The summed E-state index contributed by atoms with van der Waals surface area (Å²) in [6.45, 7) is 0.556. The highest BCUT2D eigenvalue weighted by molar-refractivity contribution is 7.80. The largest absolute Gasteiger partial charge is 0.388 e. The Morgan fingerprint density at radius 2 is 2.31 bits per heavy atom. The second kappa shape index (κ2) is 4.71. The first-order chi connectivity index (χ1) is 7.75. The predicted molar refractivity (Wildman–Crippen MR) is 64.0 cm³/mol. The minimum absolute atomic E-state index is 0.281. The molecule has 5 nitrogen and oxygen atoms in total. The molecule has 0 aliphatic rings. The molecule has 0 atom stereocenters. The molecule has 2 aromatic rings. The van der Waals surface area contributed by atoms with Crippen molar-refractivity contribution in [3.05, 3.63) is 42.0 Å². The van der Waals surface area contributed by atoms with Crippen LogP contribution >= 0.6 is 12.2 Å². The van der Waals surface area contributed by atoms with Crippen molar-refractivity contribution in [2.45, 2.75) is 6.54 Å². The maximum Gasteiger partial charge on any atom is 0.155 e. The number of nitrogens with two attached hydrogens (primary N) is 1. The molecule has 2 rings (SSSR count). The van der Waals surface area contributed by atoms with E-state index in [-0.39, 0.29) is 4.99 Å². The average molecular weight is 234 g/mol. The number of nitrogens with zero attached hydrogens (tertiary/aromatic N) is 2. The Kier molecular flexibility index (Phi) is 3.11. The molecule has 0 aromatic carbocycles. The lowest BCUT2D eigenvalue weighted by Gasteiger charge is -2.04. The first-order valence-corrected chi connectivity index (χ1v) is 5.06. The van der Waals surface area contributed by atoms with Crippen molar-refractivity contribution in [2.75, 3.05) is 5.32 Å². The summed E-state index contributed by atoms with van der Waals surface area (Å²) in [5.74, 6) is 0.758. The van der Waals surface area contributed by atoms with Gasteiger partial charge < -0.3 is 15.6 Å². The fraction of sp³-hybridized carbons (Fsp3) is 0.100. The topological polar surface area (TPSA) is 77.0 Å². The normalized spacial score (nSPS) is 10.0. The van der Waals surface area contributed by atoms with Crippen LogP contribution < -0.4 is 11.1 Å². The zero-order valence-electron chi connectivity index (χ0n) is 8.38. The SMILES string of the molecule is NC(=S)c1cc(NCc2ccno2)ccn1. The lowest BCUT2D eigenvalue weighted by Crippen LogP contribution is -2.11. The van der Waals surface area contributed by atoms with Gasteiger partial charge in [0.1, 0.15) is 4.99 Å². The molecule has 0 saturated carbocycles. The van der Waals surface area contributed by atoms with Crippen molar-refractivity contribution < 1.29 is 4.52 Å². The second-order valence-electron chi connectivity index (χ2n) is 3.13. The molecule has 0 unspecified atom stereocenters. The molecule has 0 saturated heterocycles. The zero-order chi connectivity index (χ0) is 11.4. The summed E-state index contributed by atoms with van der Waals surface area (Å²) in [5, 5.41) is 6.77. The van der Waals surface area contributed by atoms with E-state index < -0.39 is 0 Å². The van der Waals surface area contributed by atoms with Crippen LogP contribution in [0.3, 0.4) is 0 Å². The van der Waals surface area contributed by atoms with E-state index in [0.29, 0.717) is 12.2 Å². The molecule has 0 spiro atoms. The maximum atomic E-state index is 5.49. The Labute approximate surface area is 97.7 Å². The molecule has 0 radical (unpaired) electrons. The third kappa shape index (κ3) is 2.54. The van der Waals surface area contributed by atoms with Crippen molar-refractivity contribution in [3.63, 3.8) is 0 Å². The molecule has 3 N–H and O–H groups in total. The van der Waals surface area contributed by atoms with Crippen molar-refractivity contribution in [1.29, 1.82) is 0 Å². The molecule has 16 heavy (non-hydrogen) atoms. The summed E-state index contributed by atoms with van der Waals surface area (Å²) in [7, 11) is 0. The highest BCUT2D eigenvalue weighted by atomic mass is 32.1. The summed E-state index contributed by atoms with van der Waals surface area (Å²) < 4.78 is 4.95. The van der Waals surface area contributed by atoms with E-state index in [2.05, 4.69) is 15.5 Å². The van der Waals surface area contributed by atoms with E-state index in [1.165, 1.54) is 0 Å². The fourth-order valence-electron chi connectivity index (χ4n) is 1.20. The van der Waals surface area contributed by atoms with Crippen molar-refractivity contribution in [2.24, 2.45) is 5.73 Å². The summed E-state index contributed by atoms with van der Waals surface area (Å²) in [4.78, 5) is 4.32. The molecule has 0 aliphatic heterocycles. The van der Waals surface area contributed by atoms with Crippen molar-refractivity contribution >= 4 is 22.9 Å². The minimum Gasteiger partial charge on any atom is -0.388 e. The lowest BCUT2D eigenvalue weighted by molar-refractivity contribution is 0.388. The molecular weight excluding hydrogens is 224 g/mol. The van der Waals surface area contributed by atoms with Crippen LogP contribution in [0.5, 0.6) is 0 Å². The van der Waals surface area contributed by atoms with Gasteiger partial charge in [-0.15, -0.1) is 0 Å². The van der Waals surface area contributed by atoms with Gasteiger partial charge in [-0.3, -0.25) is 4.98 Å². The van der Waals surface area contributed by atoms with Crippen molar-refractivity contribution in [3.8, 4) is 0 Å². The van der Waals surface area contributed by atoms with Gasteiger partial charge in [0, 0.05) is 18.0 Å². The van der Waals surface area contributed by atoms with Gasteiger partial charge >= 0.3 is 0 Å². The van der Waals surface area contributed by atoms with Gasteiger partial charge in [-0.2, -0.15) is 0 Å². The van der Waals surface area contributed by atoms with Crippen LogP contribution in [0.1, 0.15) is 11.5 Å². The van der Waals surface area contributed by atoms with E-state index in [9.17, 15) is 0 Å². The first-order valence-electron chi connectivity index (χ1n) is 4.65. The van der Waals surface area contributed by atoms with Crippen LogP contribution in [0, 0.1) is 0 Å². The Balaban J connectivity index is 2.04. The molecule has 0 aliphatic carbocycles. The summed E-state index contributed by atoms with van der Waals surface area (Å²) >= 11 is 4.84. The third-order valence-electron chi connectivity index (χ3n) is 1.97. The molecule has 2 heterocycles. The average Bonchev–Trinajstić information content (AvgIpc) is 2.79. The molecule has 0 fully saturated rings. The number of thiocarbonyl (C=S) groups is 1. The first kappa shape index (κ1) is 10.6. The van der Waals surface area contributed by atoms with Crippen LogP contribution in [-0.4, -0.2) is 15.1 Å². The number of aromatic nitrogens is 2. The monoisotopic (exact) mass is 234 g/mol. The van der Waals surface area contributed by atoms with Gasteiger partial charge in [-0.05, 0) is 12.1 Å². The zero-order valence-corrected chi connectivity index (χ0v) is 9.20. The van der Waals surface area contributed by atoms with Gasteiger partial charge in [0.05, 0.1) is 18.4 Å². The van der Waals surface area contributed by atoms with Crippen LogP contribution in [0.2, 0.25) is 0 Å². The predicted octanol–water partition coefficient (Wildman–Crippen LogP) is 1.32. The van der Waals surface area contributed by atoms with Gasteiger partial charge in [-0.1, -0.05) is 17.4 Å². The second-order valence-corrected chi connectivity index (χ2v) is 3.57. The third-order valence-corrected chi connectivity index (χ3v) is 2.18. The highest BCUT2D eigenvalue weighted by Crippen LogP contribution is 2.09. The smallest absolute Gasteiger partial charge is 0.155 e. The van der Waals surface area contributed by atoms with E-state index in [1.54, 1.807) is 24.5 Å². The number of rotatable bonds is 4. The Morgan fingerprint density at radius 1 is 1.44 bits per heavy atom.